The molecule has 0 fully saturated rings. The van der Waals surface area contributed by atoms with E-state index >= 15 is 0 Å². The molecule has 0 aliphatic rings. The van der Waals surface area contributed by atoms with Gasteiger partial charge in [0, 0.05) is 6.42 Å². The summed E-state index contributed by atoms with van der Waals surface area (Å²) in [4.78, 5) is 11.6. The molecule has 0 saturated heterocycles. The lowest BCUT2D eigenvalue weighted by molar-refractivity contribution is 0.0522. The lowest BCUT2D eigenvalue weighted by atomic mass is 10.0. The highest BCUT2D eigenvalue weighted by Gasteiger charge is 2.16. The van der Waals surface area contributed by atoms with Crippen molar-refractivity contribution in [3.8, 4) is 11.8 Å². The number of ether oxygens (including phenoxy) is 1. The molecule has 0 radical (unpaired) electrons. The maximum Gasteiger partial charge on any atom is 0.342 e. The molecule has 0 spiro atoms. The van der Waals surface area contributed by atoms with Crippen LogP contribution in [0.1, 0.15) is 29.3 Å². The van der Waals surface area contributed by atoms with Crippen LogP contribution in [0, 0.1) is 11.3 Å². The average molecular weight is 219 g/mol. The smallest absolute Gasteiger partial charge is 0.342 e. The summed E-state index contributed by atoms with van der Waals surface area (Å²) in [5.74, 6) is -0.651. The van der Waals surface area contributed by atoms with E-state index in [2.05, 4.69) is 0 Å². The van der Waals surface area contributed by atoms with Gasteiger partial charge in [-0.3, -0.25) is 0 Å². The van der Waals surface area contributed by atoms with E-state index in [0.29, 0.717) is 18.4 Å². The Hall–Kier alpha value is -2.02. The van der Waals surface area contributed by atoms with Crippen molar-refractivity contribution in [3.63, 3.8) is 0 Å². The van der Waals surface area contributed by atoms with Gasteiger partial charge in [0.15, 0.2) is 0 Å². The molecule has 0 aromatic heterocycles. The van der Waals surface area contributed by atoms with E-state index in [0.717, 1.165) is 0 Å². The second kappa shape index (κ2) is 5.76. The number of aryl methyl sites for hydroxylation is 1. The quantitative estimate of drug-likeness (QED) is 0.786. The second-order valence-corrected chi connectivity index (χ2v) is 3.19. The molecule has 0 unspecified atom stereocenters. The molecule has 4 nitrogen and oxygen atoms in total. The normalized spacial score (nSPS) is 9.50. The Labute approximate surface area is 94.1 Å². The van der Waals surface area contributed by atoms with Gasteiger partial charge in [-0.25, -0.2) is 4.79 Å². The second-order valence-electron chi connectivity index (χ2n) is 3.19. The minimum atomic E-state index is -0.548. The molecule has 0 aliphatic carbocycles. The molecule has 0 atom stereocenters. The highest BCUT2D eigenvalue weighted by atomic mass is 16.5. The van der Waals surface area contributed by atoms with E-state index in [9.17, 15) is 9.90 Å². The number of phenols is 1. The van der Waals surface area contributed by atoms with Crippen LogP contribution in [0.2, 0.25) is 0 Å². The Morgan fingerprint density at radius 2 is 2.31 bits per heavy atom. The molecule has 0 saturated carbocycles. The van der Waals surface area contributed by atoms with Crippen LogP contribution in [0.5, 0.6) is 5.75 Å². The number of carbonyl (C=O) groups is 1. The van der Waals surface area contributed by atoms with Gasteiger partial charge in [0.1, 0.15) is 11.3 Å². The summed E-state index contributed by atoms with van der Waals surface area (Å²) in [6, 6.07) is 6.79. The first-order valence-corrected chi connectivity index (χ1v) is 5.05. The minimum absolute atomic E-state index is 0.103. The van der Waals surface area contributed by atoms with E-state index in [4.69, 9.17) is 10.00 Å². The van der Waals surface area contributed by atoms with Gasteiger partial charge >= 0.3 is 5.97 Å². The molecule has 0 aliphatic heterocycles. The maximum absolute atomic E-state index is 11.6. The first kappa shape index (κ1) is 12.1. The molecule has 1 rings (SSSR count). The molecule has 0 heterocycles. The van der Waals surface area contributed by atoms with E-state index in [1.165, 1.54) is 6.07 Å². The van der Waals surface area contributed by atoms with Gasteiger partial charge in [0.25, 0.3) is 0 Å². The van der Waals surface area contributed by atoms with E-state index in [1.54, 1.807) is 19.1 Å². The standard InChI is InChI=1S/C12H13NO3/c1-2-16-12(15)11-9(6-4-8-13)5-3-7-10(11)14/h3,5,7,14H,2,4,6H2,1H3. The van der Waals surface area contributed by atoms with Gasteiger partial charge < -0.3 is 9.84 Å². The number of rotatable bonds is 4. The van der Waals surface area contributed by atoms with Crippen LogP contribution in [-0.2, 0) is 11.2 Å². The van der Waals surface area contributed by atoms with Crippen molar-refractivity contribution in [1.29, 1.82) is 5.26 Å². The fourth-order valence-corrected chi connectivity index (χ4v) is 1.42. The highest BCUT2D eigenvalue weighted by molar-refractivity contribution is 5.94. The molecule has 1 aromatic rings. The van der Waals surface area contributed by atoms with Crippen LogP contribution in [0.4, 0.5) is 0 Å². The van der Waals surface area contributed by atoms with E-state index < -0.39 is 5.97 Å². The largest absolute Gasteiger partial charge is 0.507 e. The number of aromatic hydroxyl groups is 1. The number of carbonyl (C=O) groups excluding carboxylic acids is 1. The number of hydrogen-bond acceptors (Lipinski definition) is 4. The molecular formula is C12H13NO3. The Morgan fingerprint density at radius 3 is 2.94 bits per heavy atom. The molecule has 4 heteroatoms. The summed E-state index contributed by atoms with van der Waals surface area (Å²) in [6.45, 7) is 1.96. The zero-order chi connectivity index (χ0) is 12.0. The first-order valence-electron chi connectivity index (χ1n) is 5.05. The Kier molecular flexibility index (Phi) is 4.34. The van der Waals surface area contributed by atoms with Gasteiger partial charge in [-0.05, 0) is 25.0 Å². The van der Waals surface area contributed by atoms with Crippen LogP contribution in [0.3, 0.4) is 0 Å². The average Bonchev–Trinajstić information content (AvgIpc) is 2.26. The number of hydrogen-bond donors (Lipinski definition) is 1. The number of benzene rings is 1. The zero-order valence-electron chi connectivity index (χ0n) is 9.06. The van der Waals surface area contributed by atoms with Gasteiger partial charge in [-0.15, -0.1) is 0 Å². The summed E-state index contributed by atoms with van der Waals surface area (Å²) in [5.41, 5.74) is 0.805. The summed E-state index contributed by atoms with van der Waals surface area (Å²) in [6.07, 6.45) is 0.731. The fraction of sp³-hybridized carbons (Fsp3) is 0.333. The van der Waals surface area contributed by atoms with Crippen molar-refractivity contribution in [2.24, 2.45) is 0 Å². The van der Waals surface area contributed by atoms with Crippen LogP contribution in [0.25, 0.3) is 0 Å². The maximum atomic E-state index is 11.6. The fourth-order valence-electron chi connectivity index (χ4n) is 1.42. The van der Waals surface area contributed by atoms with Crippen molar-refractivity contribution in [2.75, 3.05) is 6.61 Å². The Morgan fingerprint density at radius 1 is 1.56 bits per heavy atom. The molecule has 1 N–H and O–H groups in total. The van der Waals surface area contributed by atoms with Crippen LogP contribution >= 0.6 is 0 Å². The predicted octanol–water partition coefficient (Wildman–Crippen LogP) is 2.03. The summed E-state index contributed by atoms with van der Waals surface area (Å²) < 4.78 is 4.85. The molecule has 16 heavy (non-hydrogen) atoms. The topological polar surface area (TPSA) is 70.3 Å². The van der Waals surface area contributed by atoms with Crippen molar-refractivity contribution in [1.82, 2.24) is 0 Å². The molecule has 0 bridgehead atoms. The lowest BCUT2D eigenvalue weighted by Gasteiger charge is -2.09. The molecule has 0 amide bonds. The number of phenolic OH excluding ortho intramolecular Hbond substituents is 1. The number of nitriles is 1. The van der Waals surface area contributed by atoms with Crippen molar-refractivity contribution < 1.29 is 14.6 Å². The third kappa shape index (κ3) is 2.74. The highest BCUT2D eigenvalue weighted by Crippen LogP contribution is 2.23. The van der Waals surface area contributed by atoms with Crippen molar-refractivity contribution >= 4 is 5.97 Å². The number of nitrogens with zero attached hydrogens (tertiary/aromatic N) is 1. The SMILES string of the molecule is CCOC(=O)c1c(O)cccc1CCC#N. The molecular weight excluding hydrogens is 206 g/mol. The van der Waals surface area contributed by atoms with E-state index in [-0.39, 0.29) is 17.9 Å². The third-order valence-corrected chi connectivity index (χ3v) is 2.11. The van der Waals surface area contributed by atoms with Crippen molar-refractivity contribution in [2.45, 2.75) is 19.8 Å². The van der Waals surface area contributed by atoms with Gasteiger partial charge in [-0.1, -0.05) is 12.1 Å². The Bertz CT molecular complexity index is 421. The number of esters is 1. The summed E-state index contributed by atoms with van der Waals surface area (Å²) in [5, 5.41) is 18.1. The van der Waals surface area contributed by atoms with Gasteiger partial charge in [-0.2, -0.15) is 5.26 Å². The van der Waals surface area contributed by atoms with E-state index in [1.807, 2.05) is 6.07 Å². The first-order chi connectivity index (χ1) is 7.70. The van der Waals surface area contributed by atoms with Crippen LogP contribution < -0.4 is 0 Å². The molecule has 84 valence electrons. The minimum Gasteiger partial charge on any atom is -0.507 e. The van der Waals surface area contributed by atoms with Gasteiger partial charge in [0.2, 0.25) is 0 Å². The van der Waals surface area contributed by atoms with Crippen molar-refractivity contribution in [3.05, 3.63) is 29.3 Å². The predicted molar refractivity (Wildman–Crippen MR) is 58.0 cm³/mol. The zero-order valence-corrected chi connectivity index (χ0v) is 9.06. The summed E-state index contributed by atoms with van der Waals surface area (Å²) >= 11 is 0. The molecule has 1 aromatic carbocycles. The Balaban J connectivity index is 3.03. The van der Waals surface area contributed by atoms with Gasteiger partial charge in [0.05, 0.1) is 12.7 Å². The third-order valence-electron chi connectivity index (χ3n) is 2.11. The van der Waals surface area contributed by atoms with Crippen LogP contribution in [0.15, 0.2) is 18.2 Å². The van der Waals surface area contributed by atoms with Crippen LogP contribution in [-0.4, -0.2) is 17.7 Å². The monoisotopic (exact) mass is 219 g/mol. The lowest BCUT2D eigenvalue weighted by Crippen LogP contribution is -2.08. The summed E-state index contributed by atoms with van der Waals surface area (Å²) in [7, 11) is 0.